The van der Waals surface area contributed by atoms with E-state index in [1.165, 1.54) is 11.3 Å². The monoisotopic (exact) mass is 289 g/mol. The van der Waals surface area contributed by atoms with Crippen molar-refractivity contribution < 1.29 is 18.0 Å². The molecule has 7 heteroatoms. The van der Waals surface area contributed by atoms with Crippen LogP contribution in [-0.2, 0) is 11.4 Å². The Morgan fingerprint density at radius 2 is 2.14 bits per heavy atom. The van der Waals surface area contributed by atoms with Crippen molar-refractivity contribution in [2.75, 3.05) is 6.61 Å². The summed E-state index contributed by atoms with van der Waals surface area (Å²) < 4.78 is 35.8. The Labute approximate surface area is 91.1 Å². The SMILES string of the molecule is FC(F)(F)CONCc1ccc(Br)s1. The molecule has 0 aliphatic heterocycles. The van der Waals surface area contributed by atoms with Gasteiger partial charge in [0.25, 0.3) is 0 Å². The van der Waals surface area contributed by atoms with Crippen molar-refractivity contribution in [3.05, 3.63) is 20.8 Å². The summed E-state index contributed by atoms with van der Waals surface area (Å²) in [6.45, 7) is -1.01. The summed E-state index contributed by atoms with van der Waals surface area (Å²) in [4.78, 5) is 5.13. The molecule has 1 aromatic heterocycles. The number of hydroxylamine groups is 1. The third kappa shape index (κ3) is 4.94. The first kappa shape index (κ1) is 12.0. The number of alkyl halides is 3. The fraction of sp³-hybridized carbons (Fsp3) is 0.429. The van der Waals surface area contributed by atoms with Gasteiger partial charge in [-0.15, -0.1) is 11.3 Å². The predicted octanol–water partition coefficient (Wildman–Crippen LogP) is 3.09. The summed E-state index contributed by atoms with van der Waals surface area (Å²) in [5.74, 6) is 0. The summed E-state index contributed by atoms with van der Waals surface area (Å²) >= 11 is 4.68. The maximum absolute atomic E-state index is 11.6. The number of nitrogens with one attached hydrogen (secondary N) is 1. The minimum absolute atomic E-state index is 0.270. The second-order valence-electron chi connectivity index (χ2n) is 2.43. The fourth-order valence-corrected chi connectivity index (χ4v) is 2.11. The minimum atomic E-state index is -4.29. The molecule has 1 rings (SSSR count). The third-order valence-corrected chi connectivity index (χ3v) is 2.84. The molecule has 1 heterocycles. The van der Waals surface area contributed by atoms with Crippen molar-refractivity contribution in [3.63, 3.8) is 0 Å². The molecule has 14 heavy (non-hydrogen) atoms. The number of hydrogen-bond donors (Lipinski definition) is 1. The lowest BCUT2D eigenvalue weighted by Gasteiger charge is -2.07. The van der Waals surface area contributed by atoms with E-state index in [0.717, 1.165) is 8.66 Å². The lowest BCUT2D eigenvalue weighted by atomic mass is 10.5. The molecule has 0 bridgehead atoms. The van der Waals surface area contributed by atoms with Crippen molar-refractivity contribution in [3.8, 4) is 0 Å². The van der Waals surface area contributed by atoms with Gasteiger partial charge in [0, 0.05) is 4.88 Å². The summed E-state index contributed by atoms with van der Waals surface area (Å²) in [5, 5.41) is 0. The third-order valence-electron chi connectivity index (χ3n) is 1.21. The Balaban J connectivity index is 2.16. The zero-order valence-electron chi connectivity index (χ0n) is 6.90. The van der Waals surface area contributed by atoms with E-state index >= 15 is 0 Å². The van der Waals surface area contributed by atoms with Crippen LogP contribution in [0.2, 0.25) is 0 Å². The highest BCUT2D eigenvalue weighted by molar-refractivity contribution is 9.11. The smallest absolute Gasteiger partial charge is 0.292 e. The molecule has 0 atom stereocenters. The average molecular weight is 290 g/mol. The van der Waals surface area contributed by atoms with E-state index in [1.54, 1.807) is 6.07 Å². The van der Waals surface area contributed by atoms with Crippen LogP contribution < -0.4 is 5.48 Å². The van der Waals surface area contributed by atoms with Gasteiger partial charge in [-0.2, -0.15) is 18.7 Å². The highest BCUT2D eigenvalue weighted by atomic mass is 79.9. The van der Waals surface area contributed by atoms with Crippen LogP contribution in [0.15, 0.2) is 15.9 Å². The number of halogens is 4. The Morgan fingerprint density at radius 1 is 1.43 bits per heavy atom. The van der Waals surface area contributed by atoms with Gasteiger partial charge in [-0.1, -0.05) is 0 Å². The molecular weight excluding hydrogens is 283 g/mol. The summed E-state index contributed by atoms with van der Waals surface area (Å²) in [5.41, 5.74) is 2.24. The first-order valence-electron chi connectivity index (χ1n) is 3.63. The van der Waals surface area contributed by atoms with Crippen LogP contribution in [0.5, 0.6) is 0 Å². The highest BCUT2D eigenvalue weighted by Crippen LogP contribution is 2.21. The number of rotatable bonds is 4. The van der Waals surface area contributed by atoms with Crippen LogP contribution in [0.25, 0.3) is 0 Å². The summed E-state index contributed by atoms with van der Waals surface area (Å²) in [6, 6.07) is 3.63. The van der Waals surface area contributed by atoms with E-state index < -0.39 is 12.8 Å². The molecule has 0 aliphatic carbocycles. The molecule has 1 aromatic rings. The zero-order chi connectivity index (χ0) is 10.6. The molecule has 0 fully saturated rings. The van der Waals surface area contributed by atoms with Crippen molar-refractivity contribution in [2.45, 2.75) is 12.7 Å². The Hall–Kier alpha value is -0.110. The van der Waals surface area contributed by atoms with Crippen LogP contribution >= 0.6 is 27.3 Å². The molecule has 80 valence electrons. The van der Waals surface area contributed by atoms with Crippen LogP contribution in [0.1, 0.15) is 4.88 Å². The topological polar surface area (TPSA) is 21.3 Å². The van der Waals surface area contributed by atoms with E-state index in [2.05, 4.69) is 26.2 Å². The molecule has 0 aliphatic rings. The quantitative estimate of drug-likeness (QED) is 0.679. The number of thiophene rings is 1. The lowest BCUT2D eigenvalue weighted by Crippen LogP contribution is -2.24. The molecule has 0 unspecified atom stereocenters. The van der Waals surface area contributed by atoms with E-state index in [-0.39, 0.29) is 6.54 Å². The lowest BCUT2D eigenvalue weighted by molar-refractivity contribution is -0.190. The Kier molecular flexibility index (Phi) is 4.36. The number of hydrogen-bond acceptors (Lipinski definition) is 3. The van der Waals surface area contributed by atoms with Crippen molar-refractivity contribution in [1.29, 1.82) is 0 Å². The molecule has 0 spiro atoms. The Bertz CT molecular complexity index is 289. The van der Waals surface area contributed by atoms with Gasteiger partial charge in [-0.25, -0.2) is 0 Å². The van der Waals surface area contributed by atoms with Gasteiger partial charge in [-0.3, -0.25) is 4.84 Å². The van der Waals surface area contributed by atoms with Crippen molar-refractivity contribution >= 4 is 27.3 Å². The van der Waals surface area contributed by atoms with Gasteiger partial charge in [0.1, 0.15) is 0 Å². The van der Waals surface area contributed by atoms with E-state index in [9.17, 15) is 13.2 Å². The van der Waals surface area contributed by atoms with Gasteiger partial charge >= 0.3 is 6.18 Å². The average Bonchev–Trinajstić information content (AvgIpc) is 2.44. The van der Waals surface area contributed by atoms with Gasteiger partial charge in [-0.05, 0) is 28.1 Å². The molecular formula is C7H7BrF3NOS. The predicted molar refractivity (Wildman–Crippen MR) is 50.9 cm³/mol. The molecule has 0 radical (unpaired) electrons. The molecule has 0 saturated heterocycles. The van der Waals surface area contributed by atoms with Gasteiger partial charge < -0.3 is 0 Å². The normalized spacial score (nSPS) is 12.0. The van der Waals surface area contributed by atoms with E-state index in [1.807, 2.05) is 6.07 Å². The first-order chi connectivity index (χ1) is 6.47. The van der Waals surface area contributed by atoms with Gasteiger partial charge in [0.2, 0.25) is 0 Å². The largest absolute Gasteiger partial charge is 0.413 e. The second-order valence-corrected chi connectivity index (χ2v) is 4.98. The van der Waals surface area contributed by atoms with Crippen LogP contribution in [0, 0.1) is 0 Å². The van der Waals surface area contributed by atoms with Crippen molar-refractivity contribution in [2.24, 2.45) is 0 Å². The minimum Gasteiger partial charge on any atom is -0.292 e. The van der Waals surface area contributed by atoms with E-state index in [4.69, 9.17) is 0 Å². The first-order valence-corrected chi connectivity index (χ1v) is 5.24. The maximum Gasteiger partial charge on any atom is 0.413 e. The molecule has 0 amide bonds. The zero-order valence-corrected chi connectivity index (χ0v) is 9.30. The maximum atomic E-state index is 11.6. The molecule has 0 aromatic carbocycles. The van der Waals surface area contributed by atoms with E-state index in [0.29, 0.717) is 0 Å². The van der Waals surface area contributed by atoms with Crippen LogP contribution in [-0.4, -0.2) is 12.8 Å². The van der Waals surface area contributed by atoms with Crippen LogP contribution in [0.3, 0.4) is 0 Å². The van der Waals surface area contributed by atoms with Crippen molar-refractivity contribution in [1.82, 2.24) is 5.48 Å². The molecule has 2 nitrogen and oxygen atoms in total. The highest BCUT2D eigenvalue weighted by Gasteiger charge is 2.27. The van der Waals surface area contributed by atoms with Gasteiger partial charge in [0.05, 0.1) is 10.3 Å². The summed E-state index contributed by atoms with van der Waals surface area (Å²) in [7, 11) is 0. The van der Waals surface area contributed by atoms with Gasteiger partial charge in [0.15, 0.2) is 6.61 Å². The Morgan fingerprint density at radius 3 is 2.64 bits per heavy atom. The summed E-state index contributed by atoms with van der Waals surface area (Å²) in [6.07, 6.45) is -4.29. The van der Waals surface area contributed by atoms with Crippen LogP contribution in [0.4, 0.5) is 13.2 Å². The fourth-order valence-electron chi connectivity index (χ4n) is 0.702. The molecule has 0 saturated carbocycles. The standard InChI is InChI=1S/C7H7BrF3NOS/c8-6-2-1-5(14-6)3-12-13-4-7(9,10)11/h1-2,12H,3-4H2. The second kappa shape index (κ2) is 5.11. The molecule has 1 N–H and O–H groups in total.